The summed E-state index contributed by atoms with van der Waals surface area (Å²) >= 11 is 7.77. The number of halogens is 2. The topological polar surface area (TPSA) is 32.3 Å². The minimum absolute atomic E-state index is 0.260. The van der Waals surface area contributed by atoms with E-state index in [1.807, 2.05) is 19.1 Å². The highest BCUT2D eigenvalue weighted by molar-refractivity contribution is 14.1. The van der Waals surface area contributed by atoms with Gasteiger partial charge >= 0.3 is 0 Å². The summed E-state index contributed by atoms with van der Waals surface area (Å²) in [6.07, 6.45) is -0.490. The van der Waals surface area contributed by atoms with Crippen molar-refractivity contribution in [2.45, 2.75) is 13.0 Å². The number of nitrogens with one attached hydrogen (secondary N) is 1. The Labute approximate surface area is 103 Å². The summed E-state index contributed by atoms with van der Waals surface area (Å²) in [6.45, 7) is 2.53. The summed E-state index contributed by atoms with van der Waals surface area (Å²) in [5, 5.41) is 12.4. The average Bonchev–Trinajstić information content (AvgIpc) is 2.16. The van der Waals surface area contributed by atoms with E-state index < -0.39 is 6.10 Å². The Morgan fingerprint density at radius 1 is 1.57 bits per heavy atom. The number of aryl methyl sites for hydroxylation is 1. The van der Waals surface area contributed by atoms with Crippen LogP contribution in [0.3, 0.4) is 0 Å². The number of alkyl halides is 1. The van der Waals surface area contributed by atoms with E-state index in [9.17, 15) is 5.11 Å². The first-order valence-corrected chi connectivity index (χ1v) is 5.99. The van der Waals surface area contributed by atoms with Crippen molar-refractivity contribution in [1.29, 1.82) is 0 Å². The van der Waals surface area contributed by atoms with Gasteiger partial charge in [-0.3, -0.25) is 0 Å². The summed E-state index contributed by atoms with van der Waals surface area (Å²) in [6, 6.07) is 6.14. The van der Waals surface area contributed by atoms with Crippen molar-refractivity contribution in [3.8, 4) is 0 Å². The molecule has 0 saturated heterocycles. The normalized spacial score (nSPS) is 12.6. The van der Waals surface area contributed by atoms with E-state index in [4.69, 9.17) is 11.6 Å². The summed E-state index contributed by atoms with van der Waals surface area (Å²) in [4.78, 5) is 0. The highest BCUT2D eigenvalue weighted by Gasteiger charge is 2.03. The number of anilines is 1. The fourth-order valence-electron chi connectivity index (χ4n) is 1.11. The maximum absolute atomic E-state index is 9.27. The molecule has 0 bridgehead atoms. The van der Waals surface area contributed by atoms with Crippen LogP contribution in [0.1, 0.15) is 5.56 Å². The van der Waals surface area contributed by atoms with Crippen LogP contribution in [-0.2, 0) is 0 Å². The highest BCUT2D eigenvalue weighted by Crippen LogP contribution is 2.17. The summed E-state index contributed by atoms with van der Waals surface area (Å²) in [5.74, 6) is 0.260. The Bertz CT molecular complexity index is 306. The highest BCUT2D eigenvalue weighted by atomic mass is 127. The Morgan fingerprint density at radius 3 is 2.86 bits per heavy atom. The van der Waals surface area contributed by atoms with Crippen molar-refractivity contribution < 1.29 is 5.11 Å². The fraction of sp³-hybridized carbons (Fsp3) is 0.400. The van der Waals surface area contributed by atoms with Gasteiger partial charge < -0.3 is 10.4 Å². The quantitative estimate of drug-likeness (QED) is 0.659. The Morgan fingerprint density at radius 2 is 2.29 bits per heavy atom. The summed E-state index contributed by atoms with van der Waals surface area (Å²) in [5.41, 5.74) is 2.23. The maximum atomic E-state index is 9.27. The van der Waals surface area contributed by atoms with Crippen LogP contribution in [-0.4, -0.2) is 23.6 Å². The first kappa shape index (κ1) is 12.1. The molecule has 78 valence electrons. The molecule has 1 aromatic carbocycles. The summed E-state index contributed by atoms with van der Waals surface area (Å²) in [7, 11) is 0. The molecule has 0 spiro atoms. The van der Waals surface area contributed by atoms with Crippen LogP contribution >= 0.6 is 34.2 Å². The Kier molecular flexibility index (Phi) is 4.98. The van der Waals surface area contributed by atoms with Gasteiger partial charge in [-0.05, 0) is 53.3 Å². The van der Waals surface area contributed by atoms with Crippen LogP contribution in [0.15, 0.2) is 18.2 Å². The molecule has 1 rings (SSSR count). The molecule has 4 heteroatoms. The van der Waals surface area contributed by atoms with Gasteiger partial charge in [-0.25, -0.2) is 0 Å². The van der Waals surface area contributed by atoms with Crippen molar-refractivity contribution >= 4 is 39.9 Å². The molecule has 1 aromatic rings. The average molecular weight is 326 g/mol. The van der Waals surface area contributed by atoms with Gasteiger partial charge in [0.05, 0.1) is 12.0 Å². The van der Waals surface area contributed by atoms with Crippen LogP contribution in [0.2, 0.25) is 0 Å². The first-order valence-electron chi connectivity index (χ1n) is 4.37. The molecule has 0 amide bonds. The van der Waals surface area contributed by atoms with Gasteiger partial charge in [0, 0.05) is 15.8 Å². The lowest BCUT2D eigenvalue weighted by atomic mass is 10.2. The van der Waals surface area contributed by atoms with Crippen molar-refractivity contribution in [3.05, 3.63) is 27.3 Å². The molecule has 2 nitrogen and oxygen atoms in total. The Balaban J connectivity index is 2.59. The largest absolute Gasteiger partial charge is 0.390 e. The molecular formula is C10H13ClINO. The number of hydrogen-bond acceptors (Lipinski definition) is 2. The standard InChI is InChI=1S/C10H13ClINO/c1-7-4-8(12)2-3-10(7)13-6-9(14)5-11/h2-4,9,13-14H,5-6H2,1H3. The number of hydrogen-bond donors (Lipinski definition) is 2. The molecule has 0 aliphatic heterocycles. The molecule has 0 radical (unpaired) electrons. The molecule has 2 N–H and O–H groups in total. The number of aliphatic hydroxyl groups is 1. The monoisotopic (exact) mass is 325 g/mol. The van der Waals surface area contributed by atoms with E-state index in [0.717, 1.165) is 5.69 Å². The molecule has 14 heavy (non-hydrogen) atoms. The third-order valence-corrected chi connectivity index (χ3v) is 2.92. The van der Waals surface area contributed by atoms with E-state index in [0.29, 0.717) is 6.54 Å². The minimum Gasteiger partial charge on any atom is -0.390 e. The molecule has 0 heterocycles. The zero-order valence-corrected chi connectivity index (χ0v) is 10.8. The Hall–Kier alpha value is -0.0000000000000000555. The van der Waals surface area contributed by atoms with E-state index in [-0.39, 0.29) is 5.88 Å². The van der Waals surface area contributed by atoms with Gasteiger partial charge in [0.1, 0.15) is 0 Å². The van der Waals surface area contributed by atoms with Crippen molar-refractivity contribution in [2.75, 3.05) is 17.7 Å². The van der Waals surface area contributed by atoms with Gasteiger partial charge in [-0.1, -0.05) is 0 Å². The van der Waals surface area contributed by atoms with E-state index in [2.05, 4.69) is 34.0 Å². The van der Waals surface area contributed by atoms with Crippen LogP contribution in [0.4, 0.5) is 5.69 Å². The lowest BCUT2D eigenvalue weighted by Crippen LogP contribution is -2.21. The summed E-state index contributed by atoms with van der Waals surface area (Å²) < 4.78 is 1.21. The second-order valence-electron chi connectivity index (χ2n) is 3.15. The van der Waals surface area contributed by atoms with Crippen molar-refractivity contribution in [2.24, 2.45) is 0 Å². The molecule has 0 saturated carbocycles. The fourth-order valence-corrected chi connectivity index (χ4v) is 1.86. The van der Waals surface area contributed by atoms with E-state index in [1.54, 1.807) is 0 Å². The van der Waals surface area contributed by atoms with E-state index >= 15 is 0 Å². The van der Waals surface area contributed by atoms with Gasteiger partial charge in [-0.2, -0.15) is 0 Å². The van der Waals surface area contributed by atoms with Crippen LogP contribution < -0.4 is 5.32 Å². The third-order valence-electron chi connectivity index (χ3n) is 1.89. The maximum Gasteiger partial charge on any atom is 0.0847 e. The molecule has 1 atom stereocenters. The third kappa shape index (κ3) is 3.63. The lowest BCUT2D eigenvalue weighted by molar-refractivity contribution is 0.211. The lowest BCUT2D eigenvalue weighted by Gasteiger charge is -2.12. The smallest absolute Gasteiger partial charge is 0.0847 e. The molecule has 0 aromatic heterocycles. The SMILES string of the molecule is Cc1cc(I)ccc1NCC(O)CCl. The van der Waals surface area contributed by atoms with Gasteiger partial charge in [0.2, 0.25) is 0 Å². The second kappa shape index (κ2) is 5.78. The number of benzene rings is 1. The number of aliphatic hydroxyl groups excluding tert-OH is 1. The minimum atomic E-state index is -0.490. The second-order valence-corrected chi connectivity index (χ2v) is 4.70. The van der Waals surface area contributed by atoms with Crippen molar-refractivity contribution in [3.63, 3.8) is 0 Å². The molecule has 1 unspecified atom stereocenters. The predicted octanol–water partition coefficient (Wildman–Crippen LogP) is 2.61. The van der Waals surface area contributed by atoms with Crippen LogP contribution in [0.25, 0.3) is 0 Å². The van der Waals surface area contributed by atoms with Gasteiger partial charge in [-0.15, -0.1) is 11.6 Å². The zero-order valence-electron chi connectivity index (χ0n) is 7.93. The van der Waals surface area contributed by atoms with E-state index in [1.165, 1.54) is 9.13 Å². The predicted molar refractivity (Wildman–Crippen MR) is 69.1 cm³/mol. The van der Waals surface area contributed by atoms with Gasteiger partial charge in [0.15, 0.2) is 0 Å². The van der Waals surface area contributed by atoms with Crippen LogP contribution in [0, 0.1) is 10.5 Å². The first-order chi connectivity index (χ1) is 6.63. The zero-order chi connectivity index (χ0) is 10.6. The van der Waals surface area contributed by atoms with Crippen LogP contribution in [0.5, 0.6) is 0 Å². The molecule has 0 aliphatic carbocycles. The molecular weight excluding hydrogens is 312 g/mol. The van der Waals surface area contributed by atoms with Crippen molar-refractivity contribution in [1.82, 2.24) is 0 Å². The number of rotatable bonds is 4. The molecule has 0 aliphatic rings. The van der Waals surface area contributed by atoms with Gasteiger partial charge in [0.25, 0.3) is 0 Å². The molecule has 0 fully saturated rings.